The molecule has 1 atom stereocenters. The maximum Gasteiger partial charge on any atom is 0.411 e. The highest BCUT2D eigenvalue weighted by Gasteiger charge is 2.28. The number of anilines is 1. The van der Waals surface area contributed by atoms with E-state index in [4.69, 9.17) is 5.26 Å². The number of hydrogen-bond acceptors (Lipinski definition) is 5. The van der Waals surface area contributed by atoms with Crippen molar-refractivity contribution in [1.29, 1.82) is 5.26 Å². The van der Waals surface area contributed by atoms with E-state index in [0.29, 0.717) is 37.3 Å². The van der Waals surface area contributed by atoms with Crippen LogP contribution in [0.4, 0.5) is 18.9 Å². The minimum Gasteiger partial charge on any atom is -0.372 e. The summed E-state index contributed by atoms with van der Waals surface area (Å²) in [6.07, 6.45) is -3.74. The fourth-order valence-corrected chi connectivity index (χ4v) is 3.03. The minimum atomic E-state index is -4.28. The van der Waals surface area contributed by atoms with E-state index >= 15 is 0 Å². The van der Waals surface area contributed by atoms with Gasteiger partial charge in [-0.3, -0.25) is 9.69 Å². The van der Waals surface area contributed by atoms with E-state index in [1.165, 1.54) is 0 Å². The minimum absolute atomic E-state index is 0.0836. The molecule has 1 aliphatic rings. The van der Waals surface area contributed by atoms with Crippen LogP contribution in [0.5, 0.6) is 0 Å². The molecular weight excluding hydrogens is 373 g/mol. The van der Waals surface area contributed by atoms with Gasteiger partial charge in [0.1, 0.15) is 6.61 Å². The Morgan fingerprint density at radius 2 is 2.04 bits per heavy atom. The van der Waals surface area contributed by atoms with E-state index in [9.17, 15) is 18.0 Å². The normalized spacial score (nSPS) is 17.1. The molecule has 0 bridgehead atoms. The SMILES string of the molecule is CC(C(=O)Nc1cccc(C#N)c1)N1CCN(CCCOCC(F)(F)F)CC1. The lowest BCUT2D eigenvalue weighted by molar-refractivity contribution is -0.174. The van der Waals surface area contributed by atoms with Gasteiger partial charge >= 0.3 is 6.18 Å². The first-order chi connectivity index (χ1) is 13.3. The summed E-state index contributed by atoms with van der Waals surface area (Å²) in [5.41, 5.74) is 1.08. The molecule has 1 amide bonds. The average molecular weight is 398 g/mol. The fraction of sp³-hybridized carbons (Fsp3) is 0.579. The van der Waals surface area contributed by atoms with Crippen molar-refractivity contribution in [3.63, 3.8) is 0 Å². The van der Waals surface area contributed by atoms with Crippen molar-refractivity contribution >= 4 is 11.6 Å². The van der Waals surface area contributed by atoms with Crippen LogP contribution in [0.15, 0.2) is 24.3 Å². The Bertz CT molecular complexity index is 682. The van der Waals surface area contributed by atoms with Gasteiger partial charge in [0, 0.05) is 45.0 Å². The summed E-state index contributed by atoms with van der Waals surface area (Å²) in [6.45, 7) is 4.30. The standard InChI is InChI=1S/C19H25F3N4O2/c1-15(18(27)24-17-5-2-4-16(12-17)13-23)26-9-7-25(8-10-26)6-3-11-28-14-19(20,21)22/h2,4-5,12,15H,3,6-11,14H2,1H3,(H,24,27). The number of ether oxygens (including phenoxy) is 1. The van der Waals surface area contributed by atoms with Crippen LogP contribution in [-0.2, 0) is 9.53 Å². The first-order valence-electron chi connectivity index (χ1n) is 9.20. The third kappa shape index (κ3) is 7.46. The number of halogens is 3. The van der Waals surface area contributed by atoms with Crippen LogP contribution in [0.2, 0.25) is 0 Å². The molecule has 1 aromatic carbocycles. The van der Waals surface area contributed by atoms with Gasteiger partial charge in [-0.2, -0.15) is 18.4 Å². The van der Waals surface area contributed by atoms with Gasteiger partial charge in [-0.15, -0.1) is 0 Å². The molecule has 1 heterocycles. The number of nitrogens with one attached hydrogen (secondary N) is 1. The molecule has 0 saturated carbocycles. The molecule has 154 valence electrons. The van der Waals surface area contributed by atoms with Crippen LogP contribution in [0.25, 0.3) is 0 Å². The highest BCUT2D eigenvalue weighted by molar-refractivity contribution is 5.94. The van der Waals surface area contributed by atoms with Crippen LogP contribution in [0.3, 0.4) is 0 Å². The molecule has 1 fully saturated rings. The number of carbonyl (C=O) groups is 1. The van der Waals surface area contributed by atoms with Crippen molar-refractivity contribution in [2.45, 2.75) is 25.6 Å². The smallest absolute Gasteiger partial charge is 0.372 e. The summed E-state index contributed by atoms with van der Waals surface area (Å²) in [5.74, 6) is -0.135. The third-order valence-corrected chi connectivity index (χ3v) is 4.62. The number of benzene rings is 1. The number of carbonyl (C=O) groups excluding carboxylic acids is 1. The van der Waals surface area contributed by atoms with Crippen molar-refractivity contribution < 1.29 is 22.7 Å². The second-order valence-corrected chi connectivity index (χ2v) is 6.76. The van der Waals surface area contributed by atoms with Crippen molar-refractivity contribution in [2.75, 3.05) is 51.3 Å². The average Bonchev–Trinajstić information content (AvgIpc) is 2.67. The predicted octanol–water partition coefficient (Wildman–Crippen LogP) is 2.47. The lowest BCUT2D eigenvalue weighted by Crippen LogP contribution is -2.52. The number of hydrogen-bond donors (Lipinski definition) is 1. The zero-order valence-corrected chi connectivity index (χ0v) is 15.8. The van der Waals surface area contributed by atoms with Crippen molar-refractivity contribution in [3.8, 4) is 6.07 Å². The molecule has 0 radical (unpaired) electrons. The topological polar surface area (TPSA) is 68.6 Å². The molecule has 1 saturated heterocycles. The first-order valence-corrected chi connectivity index (χ1v) is 9.20. The molecular formula is C19H25F3N4O2. The van der Waals surface area contributed by atoms with E-state index in [1.54, 1.807) is 24.3 Å². The van der Waals surface area contributed by atoms with Crippen LogP contribution < -0.4 is 5.32 Å². The largest absolute Gasteiger partial charge is 0.411 e. The number of nitriles is 1. The van der Waals surface area contributed by atoms with Crippen LogP contribution in [0, 0.1) is 11.3 Å². The Morgan fingerprint density at radius 1 is 1.32 bits per heavy atom. The molecule has 6 nitrogen and oxygen atoms in total. The third-order valence-electron chi connectivity index (χ3n) is 4.62. The van der Waals surface area contributed by atoms with E-state index in [2.05, 4.69) is 19.9 Å². The molecule has 1 unspecified atom stereocenters. The molecule has 9 heteroatoms. The number of alkyl halides is 3. The zero-order chi connectivity index (χ0) is 20.6. The zero-order valence-electron chi connectivity index (χ0n) is 15.8. The maximum atomic E-state index is 12.5. The highest BCUT2D eigenvalue weighted by Crippen LogP contribution is 2.15. The molecule has 1 aromatic rings. The van der Waals surface area contributed by atoms with E-state index < -0.39 is 12.8 Å². The fourth-order valence-electron chi connectivity index (χ4n) is 3.03. The molecule has 0 aromatic heterocycles. The number of nitrogens with zero attached hydrogens (tertiary/aromatic N) is 3. The molecule has 0 spiro atoms. The van der Waals surface area contributed by atoms with E-state index in [-0.39, 0.29) is 18.6 Å². The summed E-state index contributed by atoms with van der Waals surface area (Å²) in [7, 11) is 0. The summed E-state index contributed by atoms with van der Waals surface area (Å²) >= 11 is 0. The van der Waals surface area contributed by atoms with Gasteiger partial charge in [-0.1, -0.05) is 6.07 Å². The quantitative estimate of drug-likeness (QED) is 0.682. The Morgan fingerprint density at radius 3 is 2.68 bits per heavy atom. The van der Waals surface area contributed by atoms with Gasteiger partial charge in [-0.25, -0.2) is 0 Å². The molecule has 2 rings (SSSR count). The lowest BCUT2D eigenvalue weighted by Gasteiger charge is -2.37. The van der Waals surface area contributed by atoms with Gasteiger partial charge in [-0.05, 0) is 31.5 Å². The predicted molar refractivity (Wildman–Crippen MR) is 98.8 cm³/mol. The monoisotopic (exact) mass is 398 g/mol. The van der Waals surface area contributed by atoms with Gasteiger partial charge in [0.15, 0.2) is 0 Å². The van der Waals surface area contributed by atoms with Crippen LogP contribution >= 0.6 is 0 Å². The molecule has 28 heavy (non-hydrogen) atoms. The first kappa shape index (κ1) is 22.1. The van der Waals surface area contributed by atoms with E-state index in [0.717, 1.165) is 13.1 Å². The summed E-state index contributed by atoms with van der Waals surface area (Å²) in [5, 5.41) is 11.8. The second kappa shape index (κ2) is 10.4. The van der Waals surface area contributed by atoms with E-state index in [1.807, 2.05) is 13.0 Å². The van der Waals surface area contributed by atoms with Gasteiger partial charge in [0.2, 0.25) is 5.91 Å². The molecule has 1 N–H and O–H groups in total. The molecule has 1 aliphatic heterocycles. The summed E-state index contributed by atoms with van der Waals surface area (Å²) in [6, 6.07) is 8.48. The Labute approximate surface area is 162 Å². The number of piperazine rings is 1. The van der Waals surface area contributed by atoms with Crippen LogP contribution in [-0.4, -0.2) is 73.9 Å². The Kier molecular flexibility index (Phi) is 8.23. The Hall–Kier alpha value is -2.15. The summed E-state index contributed by atoms with van der Waals surface area (Å²) in [4.78, 5) is 16.7. The van der Waals surface area contributed by atoms with Gasteiger partial charge < -0.3 is 15.0 Å². The highest BCUT2D eigenvalue weighted by atomic mass is 19.4. The van der Waals surface area contributed by atoms with Gasteiger partial charge in [0.25, 0.3) is 0 Å². The Balaban J connectivity index is 1.69. The van der Waals surface area contributed by atoms with Crippen molar-refractivity contribution in [3.05, 3.63) is 29.8 Å². The lowest BCUT2D eigenvalue weighted by atomic mass is 10.2. The summed E-state index contributed by atoms with van der Waals surface area (Å²) < 4.78 is 40.6. The van der Waals surface area contributed by atoms with Crippen LogP contribution in [0.1, 0.15) is 18.9 Å². The van der Waals surface area contributed by atoms with Crippen molar-refractivity contribution in [2.24, 2.45) is 0 Å². The molecule has 0 aliphatic carbocycles. The second-order valence-electron chi connectivity index (χ2n) is 6.76. The van der Waals surface area contributed by atoms with Crippen molar-refractivity contribution in [1.82, 2.24) is 9.80 Å². The number of amides is 1. The maximum absolute atomic E-state index is 12.5. The number of rotatable bonds is 8. The van der Waals surface area contributed by atoms with Gasteiger partial charge in [0.05, 0.1) is 17.7 Å².